The molecule has 0 aliphatic heterocycles. The molecule has 0 amide bonds. The van der Waals surface area contributed by atoms with Crippen molar-refractivity contribution in [3.05, 3.63) is 4.91 Å². The molecule has 0 unspecified atom stereocenters. The Hall–Kier alpha value is -0.840. The predicted octanol–water partition coefficient (Wildman–Crippen LogP) is -0.810. The first-order chi connectivity index (χ1) is 1.73. The third-order valence-corrected chi connectivity index (χ3v) is 0. The molecule has 0 saturated heterocycles. The minimum atomic E-state index is -0.750. The maximum absolute atomic E-state index is 8.69. The Balaban J connectivity index is 0. The van der Waals surface area contributed by atoms with Gasteiger partial charge in [0.15, 0.2) is 0 Å². The van der Waals surface area contributed by atoms with Crippen LogP contribution in [0.4, 0.5) is 0 Å². The van der Waals surface area contributed by atoms with Gasteiger partial charge in [0, 0.05) is 0 Å². The number of hydrogen-bond donors (Lipinski definition) is 3. The van der Waals surface area contributed by atoms with Crippen LogP contribution in [0.3, 0.4) is 0 Å². The summed E-state index contributed by atoms with van der Waals surface area (Å²) in [7, 11) is 0. The molecule has 0 aromatic rings. The Morgan fingerprint density at radius 3 is 1.80 bits per heavy atom. The van der Waals surface area contributed by atoms with Gasteiger partial charge in [-0.25, -0.2) is 5.21 Å². The molecule has 6 N–H and O–H groups in total. The average Bonchev–Trinajstić information content (AvgIpc) is 0.811. The van der Waals surface area contributed by atoms with Gasteiger partial charge < -0.3 is 6.15 Å². The summed E-state index contributed by atoms with van der Waals surface area (Å²) < 4.78 is 0. The molecule has 5 heavy (non-hydrogen) atoms. The first-order valence-corrected chi connectivity index (χ1v) is 0.641. The van der Waals surface area contributed by atoms with Gasteiger partial charge >= 0.3 is 5.03 Å². The van der Waals surface area contributed by atoms with Gasteiger partial charge in [0.25, 0.3) is 0 Å². The van der Waals surface area contributed by atoms with E-state index in [4.69, 9.17) is 10.1 Å². The number of hydrogen-bond acceptors (Lipinski definition) is 2. The van der Waals surface area contributed by atoms with E-state index in [0.717, 1.165) is 0 Å². The van der Waals surface area contributed by atoms with Gasteiger partial charge in [-0.15, -0.1) is 5.84 Å². The predicted molar refractivity (Wildman–Crippen MR) is 14.6 cm³/mol. The normalized spacial score (nSPS) is 4.80. The molecule has 0 heterocycles. The minimum Gasteiger partial charge on any atom is -0.344 e. The molecular formula is H6N3O2+. The average molecular weight is 80.1 g/mol. The lowest BCUT2D eigenvalue weighted by Gasteiger charge is -1.48. The van der Waals surface area contributed by atoms with Crippen LogP contribution < -0.4 is 12.0 Å². The Kier molecular flexibility index (Phi) is 5.63. The Morgan fingerprint density at radius 2 is 1.80 bits per heavy atom. The van der Waals surface area contributed by atoms with Gasteiger partial charge in [-0.05, 0) is 0 Å². The fraction of sp³-hybridized carbons (Fsp3) is 0. The van der Waals surface area contributed by atoms with E-state index >= 15 is 0 Å². The highest BCUT2D eigenvalue weighted by Gasteiger charge is 1.72. The van der Waals surface area contributed by atoms with Crippen LogP contribution in [0.5, 0.6) is 0 Å². The summed E-state index contributed by atoms with van der Waals surface area (Å²) in [6.07, 6.45) is 0. The van der Waals surface area contributed by atoms with E-state index < -0.39 is 5.03 Å². The molecule has 0 rings (SSSR count). The fourth-order valence-electron chi connectivity index (χ4n) is 0. The molecule has 0 spiro atoms. The van der Waals surface area contributed by atoms with Crippen molar-refractivity contribution < 1.29 is 10.2 Å². The second-order valence-electron chi connectivity index (χ2n) is 0.303. The molecule has 0 bridgehead atoms. The van der Waals surface area contributed by atoms with Crippen LogP contribution in [-0.4, -0.2) is 10.2 Å². The van der Waals surface area contributed by atoms with Crippen LogP contribution in [0.15, 0.2) is 0 Å². The molecule has 0 aromatic heterocycles. The molecule has 5 nitrogen and oxygen atoms in total. The van der Waals surface area contributed by atoms with Crippen LogP contribution in [0.2, 0.25) is 0 Å². The summed E-state index contributed by atoms with van der Waals surface area (Å²) in [5, 5.41) is 6.36. The second-order valence-corrected chi connectivity index (χ2v) is 0.303. The van der Waals surface area contributed by atoms with Crippen LogP contribution in [-0.2, 0) is 0 Å². The summed E-state index contributed by atoms with van der Waals surface area (Å²) in [4.78, 5) is 8.69. The summed E-state index contributed by atoms with van der Waals surface area (Å²) in [6.45, 7) is 0. The smallest absolute Gasteiger partial charge is 0.344 e. The highest BCUT2D eigenvalue weighted by molar-refractivity contribution is 3.59. The first-order valence-electron chi connectivity index (χ1n) is 0.641. The van der Waals surface area contributed by atoms with Gasteiger partial charge in [0.1, 0.15) is 4.91 Å². The molecule has 32 valence electrons. The SMILES string of the molecule is N.N[N+](=O)O. The van der Waals surface area contributed by atoms with Gasteiger partial charge in [0.05, 0.1) is 0 Å². The molecule has 5 heteroatoms. The second kappa shape index (κ2) is 3.16. The highest BCUT2D eigenvalue weighted by atomic mass is 16.7. The molecule has 0 fully saturated rings. The zero-order chi connectivity index (χ0) is 3.58. The molecule has 0 aromatic carbocycles. The lowest BCUT2D eigenvalue weighted by Crippen LogP contribution is -2.08. The Labute approximate surface area is 28.5 Å². The van der Waals surface area contributed by atoms with Crippen LogP contribution in [0, 0.1) is 4.91 Å². The largest absolute Gasteiger partial charge is 0.352 e. The summed E-state index contributed by atoms with van der Waals surface area (Å²) in [5.41, 5.74) is 0. The van der Waals surface area contributed by atoms with Crippen LogP contribution in [0.25, 0.3) is 0 Å². The Morgan fingerprint density at radius 1 is 1.80 bits per heavy atom. The molecular weight excluding hydrogens is 74.0 g/mol. The number of hydrazine groups is 1. The number of rotatable bonds is 0. The Bertz CT molecular complexity index is 27.9. The summed E-state index contributed by atoms with van der Waals surface area (Å²) in [6, 6.07) is 0. The van der Waals surface area contributed by atoms with Gasteiger partial charge in [0.2, 0.25) is 0 Å². The molecule has 0 radical (unpaired) electrons. The zero-order valence-electron chi connectivity index (χ0n) is 2.59. The third-order valence-electron chi connectivity index (χ3n) is 0. The van der Waals surface area contributed by atoms with E-state index in [2.05, 4.69) is 5.84 Å². The fourth-order valence-corrected chi connectivity index (χ4v) is 0. The van der Waals surface area contributed by atoms with Crippen molar-refractivity contribution in [1.29, 1.82) is 0 Å². The van der Waals surface area contributed by atoms with Gasteiger partial charge in [-0.3, -0.25) is 0 Å². The lowest BCUT2D eigenvalue weighted by atomic mass is 12.8. The minimum absolute atomic E-state index is 0. The molecule has 0 aliphatic carbocycles. The summed E-state index contributed by atoms with van der Waals surface area (Å²) >= 11 is 0. The van der Waals surface area contributed by atoms with Crippen molar-refractivity contribution in [2.24, 2.45) is 5.84 Å². The van der Waals surface area contributed by atoms with E-state index in [1.165, 1.54) is 0 Å². The van der Waals surface area contributed by atoms with E-state index in [1.807, 2.05) is 0 Å². The van der Waals surface area contributed by atoms with E-state index in [0.29, 0.717) is 0 Å². The quantitative estimate of drug-likeness (QED) is 0.261. The topological polar surface area (TPSA) is 101 Å². The van der Waals surface area contributed by atoms with Crippen LogP contribution >= 0.6 is 0 Å². The number of nitrogens with two attached hydrogens (primary N) is 1. The molecule has 0 aliphatic rings. The monoisotopic (exact) mass is 80.0 g/mol. The third kappa shape index (κ3) is 6.03. The summed E-state index contributed by atoms with van der Waals surface area (Å²) in [5.74, 6) is 3.94. The van der Waals surface area contributed by atoms with Crippen molar-refractivity contribution in [1.82, 2.24) is 6.15 Å². The van der Waals surface area contributed by atoms with Crippen molar-refractivity contribution in [3.63, 3.8) is 0 Å². The van der Waals surface area contributed by atoms with Crippen LogP contribution in [0.1, 0.15) is 0 Å². The van der Waals surface area contributed by atoms with E-state index in [9.17, 15) is 0 Å². The zero-order valence-corrected chi connectivity index (χ0v) is 2.59. The van der Waals surface area contributed by atoms with Crippen molar-refractivity contribution in [3.8, 4) is 0 Å². The van der Waals surface area contributed by atoms with E-state index in [1.54, 1.807) is 0 Å². The standard InChI is InChI=1S/H3N2O2.H3N/c1-2(3)4;/h1H2,(H,3,4);1H3/q+1;. The molecule has 0 saturated carbocycles. The first kappa shape index (κ1) is 8.90. The maximum Gasteiger partial charge on any atom is 0.352 e. The van der Waals surface area contributed by atoms with Gasteiger partial charge in [-0.2, -0.15) is 0 Å². The van der Waals surface area contributed by atoms with Crippen molar-refractivity contribution in [2.75, 3.05) is 0 Å². The van der Waals surface area contributed by atoms with Gasteiger partial charge in [-0.1, -0.05) is 0 Å². The maximum atomic E-state index is 8.69. The lowest BCUT2D eigenvalue weighted by molar-refractivity contribution is -0.801. The number of nitrogens with zero attached hydrogens (tertiary/aromatic N) is 1. The van der Waals surface area contributed by atoms with E-state index in [-0.39, 0.29) is 6.15 Å². The van der Waals surface area contributed by atoms with Crippen molar-refractivity contribution >= 4 is 0 Å². The highest BCUT2D eigenvalue weighted by Crippen LogP contribution is 1.21. The van der Waals surface area contributed by atoms with Crippen molar-refractivity contribution in [2.45, 2.75) is 0 Å². The molecule has 0 atom stereocenters.